The zero-order chi connectivity index (χ0) is 20.1. The molecule has 1 aromatic carbocycles. The van der Waals surface area contributed by atoms with Crippen LogP contribution in [0, 0.1) is 0 Å². The minimum Gasteiger partial charge on any atom is -0.353 e. The Labute approximate surface area is 171 Å². The van der Waals surface area contributed by atoms with Crippen molar-refractivity contribution < 1.29 is 0 Å². The van der Waals surface area contributed by atoms with E-state index in [1.165, 1.54) is 0 Å². The molecule has 0 aliphatic carbocycles. The Morgan fingerprint density at radius 1 is 0.933 bits per heavy atom. The van der Waals surface area contributed by atoms with Gasteiger partial charge in [0.15, 0.2) is 0 Å². The van der Waals surface area contributed by atoms with Gasteiger partial charge in [0.1, 0.15) is 11.2 Å². The summed E-state index contributed by atoms with van der Waals surface area (Å²) in [4.78, 5) is 12.6. The largest absolute Gasteiger partial charge is 0.353 e. The summed E-state index contributed by atoms with van der Waals surface area (Å²) in [6.45, 7) is 0. The molecule has 5 aromatic heterocycles. The van der Waals surface area contributed by atoms with E-state index in [2.05, 4.69) is 49.5 Å². The number of fused-ring (bicyclic) bond motifs is 2. The van der Waals surface area contributed by atoms with Crippen molar-refractivity contribution in [3.8, 4) is 33.8 Å². The van der Waals surface area contributed by atoms with E-state index in [4.69, 9.17) is 4.98 Å². The highest BCUT2D eigenvalue weighted by atomic mass is 15.2. The van der Waals surface area contributed by atoms with Crippen molar-refractivity contribution in [2.45, 2.75) is 0 Å². The third-order valence-electron chi connectivity index (χ3n) is 5.30. The molecule has 0 saturated heterocycles. The molecule has 5 heterocycles. The van der Waals surface area contributed by atoms with Crippen molar-refractivity contribution in [3.63, 3.8) is 0 Å². The molecule has 0 amide bonds. The minimum atomic E-state index is 0.795. The molecule has 6 aromatic rings. The molecule has 0 radical (unpaired) electrons. The molecule has 0 bridgehead atoms. The Hall–Kier alpha value is -4.26. The van der Waals surface area contributed by atoms with E-state index >= 15 is 0 Å². The minimum absolute atomic E-state index is 0.795. The first-order valence-corrected chi connectivity index (χ1v) is 9.63. The van der Waals surface area contributed by atoms with Gasteiger partial charge in [-0.2, -0.15) is 10.2 Å². The summed E-state index contributed by atoms with van der Waals surface area (Å²) in [5, 5.41) is 13.0. The molecule has 0 unspecified atom stereocenters. The maximum Gasteiger partial charge on any atom is 0.135 e. The molecular formula is C23H17N7. The predicted molar refractivity (Wildman–Crippen MR) is 117 cm³/mol. The van der Waals surface area contributed by atoms with Crippen LogP contribution in [-0.2, 0) is 7.05 Å². The monoisotopic (exact) mass is 391 g/mol. The fourth-order valence-electron chi connectivity index (χ4n) is 3.86. The van der Waals surface area contributed by atoms with Gasteiger partial charge in [0.05, 0.1) is 23.1 Å². The zero-order valence-corrected chi connectivity index (χ0v) is 16.2. The number of rotatable bonds is 3. The highest BCUT2D eigenvalue weighted by Gasteiger charge is 2.15. The van der Waals surface area contributed by atoms with Gasteiger partial charge in [-0.25, -0.2) is 4.98 Å². The molecule has 6 rings (SSSR count). The van der Waals surface area contributed by atoms with Crippen LogP contribution in [0.2, 0.25) is 0 Å². The maximum absolute atomic E-state index is 4.87. The van der Waals surface area contributed by atoms with Crippen molar-refractivity contribution in [2.75, 3.05) is 0 Å². The maximum atomic E-state index is 4.87. The van der Waals surface area contributed by atoms with E-state index in [0.29, 0.717) is 0 Å². The lowest BCUT2D eigenvalue weighted by Gasteiger charge is -2.02. The van der Waals surface area contributed by atoms with Crippen LogP contribution in [0.25, 0.3) is 55.7 Å². The van der Waals surface area contributed by atoms with E-state index in [1.54, 1.807) is 10.9 Å². The number of nitrogens with one attached hydrogen (secondary N) is 2. The number of aromatic nitrogens is 7. The smallest absolute Gasteiger partial charge is 0.135 e. The fraction of sp³-hybridized carbons (Fsp3) is 0.0435. The second kappa shape index (κ2) is 6.38. The number of H-pyrrole nitrogens is 2. The van der Waals surface area contributed by atoms with Gasteiger partial charge in [0.25, 0.3) is 0 Å². The molecule has 7 heteroatoms. The SMILES string of the molecule is Cn1cc(-c2ccc3[nH]nc(-c4cc5c(-c6cccnc6)cccc5[nH]4)c3n2)cn1. The average molecular weight is 391 g/mol. The van der Waals surface area contributed by atoms with Crippen LogP contribution in [-0.4, -0.2) is 34.9 Å². The zero-order valence-electron chi connectivity index (χ0n) is 16.2. The highest BCUT2D eigenvalue weighted by molar-refractivity contribution is 6.00. The number of hydrogen-bond acceptors (Lipinski definition) is 4. The van der Waals surface area contributed by atoms with Gasteiger partial charge >= 0.3 is 0 Å². The van der Waals surface area contributed by atoms with E-state index in [9.17, 15) is 0 Å². The first-order valence-electron chi connectivity index (χ1n) is 9.63. The lowest BCUT2D eigenvalue weighted by atomic mass is 10.0. The molecular weight excluding hydrogens is 374 g/mol. The molecule has 0 saturated carbocycles. The number of pyridine rings is 2. The Morgan fingerprint density at radius 2 is 1.90 bits per heavy atom. The lowest BCUT2D eigenvalue weighted by Crippen LogP contribution is -1.86. The van der Waals surface area contributed by atoms with Crippen molar-refractivity contribution in [1.29, 1.82) is 0 Å². The van der Waals surface area contributed by atoms with Crippen LogP contribution in [0.5, 0.6) is 0 Å². The van der Waals surface area contributed by atoms with Gasteiger partial charge in [-0.3, -0.25) is 14.8 Å². The summed E-state index contributed by atoms with van der Waals surface area (Å²) in [6.07, 6.45) is 7.44. The summed E-state index contributed by atoms with van der Waals surface area (Å²) in [7, 11) is 1.90. The summed E-state index contributed by atoms with van der Waals surface area (Å²) >= 11 is 0. The van der Waals surface area contributed by atoms with Crippen LogP contribution in [0.15, 0.2) is 73.3 Å². The van der Waals surface area contributed by atoms with Gasteiger partial charge < -0.3 is 4.98 Å². The number of aromatic amines is 2. The Bertz CT molecular complexity index is 1510. The molecule has 0 atom stereocenters. The Kier molecular flexibility index (Phi) is 3.55. The van der Waals surface area contributed by atoms with Crippen molar-refractivity contribution >= 4 is 21.9 Å². The molecule has 0 fully saturated rings. The van der Waals surface area contributed by atoms with Gasteiger partial charge in [0.2, 0.25) is 0 Å². The lowest BCUT2D eigenvalue weighted by molar-refractivity contribution is 0.768. The topological polar surface area (TPSA) is 88.1 Å². The molecule has 144 valence electrons. The average Bonchev–Trinajstić information content (AvgIpc) is 3.50. The molecule has 0 aliphatic heterocycles. The third-order valence-corrected chi connectivity index (χ3v) is 5.30. The number of nitrogens with zero attached hydrogens (tertiary/aromatic N) is 5. The van der Waals surface area contributed by atoms with E-state index < -0.39 is 0 Å². The molecule has 30 heavy (non-hydrogen) atoms. The van der Waals surface area contributed by atoms with Crippen LogP contribution in [0.1, 0.15) is 0 Å². The first-order chi connectivity index (χ1) is 14.8. The Balaban J connectivity index is 1.52. The number of hydrogen-bond donors (Lipinski definition) is 2. The fourth-order valence-corrected chi connectivity index (χ4v) is 3.86. The van der Waals surface area contributed by atoms with E-state index in [1.807, 2.05) is 49.9 Å². The first kappa shape index (κ1) is 16.7. The van der Waals surface area contributed by atoms with Gasteiger partial charge in [-0.15, -0.1) is 0 Å². The van der Waals surface area contributed by atoms with Crippen LogP contribution in [0.4, 0.5) is 0 Å². The standard InChI is InChI=1S/C23H17N7/c1-30-13-15(12-25-30)18-7-8-20-22(27-18)23(29-28-20)21-10-17-16(5-2-6-19(17)26-21)14-4-3-9-24-11-14/h2-13,26H,1H3,(H,28,29). The highest BCUT2D eigenvalue weighted by Crippen LogP contribution is 2.33. The van der Waals surface area contributed by atoms with Crippen LogP contribution < -0.4 is 0 Å². The second-order valence-corrected chi connectivity index (χ2v) is 7.26. The normalized spacial score (nSPS) is 11.5. The molecule has 2 N–H and O–H groups in total. The van der Waals surface area contributed by atoms with Crippen molar-refractivity contribution in [1.82, 2.24) is 34.9 Å². The number of aryl methyl sites for hydroxylation is 1. The quantitative estimate of drug-likeness (QED) is 0.463. The molecule has 0 spiro atoms. The Morgan fingerprint density at radius 3 is 2.73 bits per heavy atom. The van der Waals surface area contributed by atoms with Gasteiger partial charge in [-0.05, 0) is 35.9 Å². The summed E-state index contributed by atoms with van der Waals surface area (Å²) in [6, 6.07) is 16.4. The van der Waals surface area contributed by atoms with Crippen molar-refractivity contribution in [3.05, 3.63) is 73.3 Å². The number of benzene rings is 1. The van der Waals surface area contributed by atoms with Crippen molar-refractivity contribution in [2.24, 2.45) is 7.05 Å². The van der Waals surface area contributed by atoms with E-state index in [0.717, 1.165) is 55.7 Å². The van der Waals surface area contributed by atoms with Gasteiger partial charge in [0, 0.05) is 47.7 Å². The predicted octanol–water partition coefficient (Wildman–Crippen LogP) is 4.57. The second-order valence-electron chi connectivity index (χ2n) is 7.26. The summed E-state index contributed by atoms with van der Waals surface area (Å²) in [5.74, 6) is 0. The van der Waals surface area contributed by atoms with E-state index in [-0.39, 0.29) is 0 Å². The third kappa shape index (κ3) is 2.60. The summed E-state index contributed by atoms with van der Waals surface area (Å²) in [5.41, 5.74) is 8.53. The van der Waals surface area contributed by atoms with Crippen LogP contribution >= 0.6 is 0 Å². The van der Waals surface area contributed by atoms with Gasteiger partial charge in [-0.1, -0.05) is 18.2 Å². The summed E-state index contributed by atoms with van der Waals surface area (Å²) < 4.78 is 1.77. The molecule has 7 nitrogen and oxygen atoms in total. The van der Waals surface area contributed by atoms with Crippen LogP contribution in [0.3, 0.4) is 0 Å². The molecule has 0 aliphatic rings.